The van der Waals surface area contributed by atoms with Gasteiger partial charge >= 0.3 is 6.03 Å². The molecule has 0 aliphatic carbocycles. The summed E-state index contributed by atoms with van der Waals surface area (Å²) >= 11 is 0. The van der Waals surface area contributed by atoms with E-state index in [-0.39, 0.29) is 6.03 Å². The molecular formula is C25H33N3O. The van der Waals surface area contributed by atoms with Crippen LogP contribution in [0.2, 0.25) is 0 Å². The average molecular weight is 392 g/mol. The van der Waals surface area contributed by atoms with Crippen LogP contribution in [-0.4, -0.2) is 41.5 Å². The lowest BCUT2D eigenvalue weighted by atomic mass is 9.62. The van der Waals surface area contributed by atoms with Gasteiger partial charge in [-0.1, -0.05) is 60.2 Å². The molecule has 1 atom stereocenters. The number of nitrogens with zero attached hydrogens (tertiary/aromatic N) is 2. The maximum Gasteiger partial charge on any atom is 0.317 e. The lowest BCUT2D eigenvalue weighted by Gasteiger charge is -2.62. The summed E-state index contributed by atoms with van der Waals surface area (Å²) in [7, 11) is 0. The van der Waals surface area contributed by atoms with Crippen molar-refractivity contribution in [2.24, 2.45) is 5.41 Å². The van der Waals surface area contributed by atoms with Crippen molar-refractivity contribution in [1.82, 2.24) is 15.1 Å². The van der Waals surface area contributed by atoms with Gasteiger partial charge in [-0.25, -0.2) is 4.79 Å². The van der Waals surface area contributed by atoms with Crippen LogP contribution in [0.15, 0.2) is 54.6 Å². The second-order valence-corrected chi connectivity index (χ2v) is 9.07. The molecule has 4 nitrogen and oxygen atoms in total. The van der Waals surface area contributed by atoms with E-state index in [1.165, 1.54) is 11.1 Å². The van der Waals surface area contributed by atoms with Crippen molar-refractivity contribution in [1.29, 1.82) is 0 Å². The molecule has 2 aromatic rings. The summed E-state index contributed by atoms with van der Waals surface area (Å²) in [5.74, 6) is 0. The summed E-state index contributed by atoms with van der Waals surface area (Å²) in [6, 6.07) is 20.3. The summed E-state index contributed by atoms with van der Waals surface area (Å²) in [4.78, 5) is 17.3. The number of urea groups is 1. The van der Waals surface area contributed by atoms with E-state index in [1.807, 2.05) is 4.90 Å². The number of aryl methyl sites for hydroxylation is 1. The van der Waals surface area contributed by atoms with E-state index in [0.29, 0.717) is 24.0 Å². The first-order valence-corrected chi connectivity index (χ1v) is 10.9. The quantitative estimate of drug-likeness (QED) is 0.816. The molecular weight excluding hydrogens is 358 g/mol. The third-order valence-corrected chi connectivity index (χ3v) is 6.80. The summed E-state index contributed by atoms with van der Waals surface area (Å²) in [5.41, 5.74) is 4.11. The van der Waals surface area contributed by atoms with Crippen molar-refractivity contribution in [3.8, 4) is 0 Å². The van der Waals surface area contributed by atoms with Gasteiger partial charge in [-0.2, -0.15) is 0 Å². The maximum absolute atomic E-state index is 12.7. The van der Waals surface area contributed by atoms with Crippen molar-refractivity contribution in [2.75, 3.05) is 19.6 Å². The van der Waals surface area contributed by atoms with Gasteiger partial charge in [-0.05, 0) is 44.7 Å². The second kappa shape index (κ2) is 8.19. The third kappa shape index (κ3) is 4.04. The summed E-state index contributed by atoms with van der Waals surface area (Å²) in [6.45, 7) is 10.1. The van der Waals surface area contributed by atoms with Crippen molar-refractivity contribution in [3.63, 3.8) is 0 Å². The van der Waals surface area contributed by atoms with Gasteiger partial charge in [-0.3, -0.25) is 4.90 Å². The molecule has 2 aliphatic heterocycles. The lowest BCUT2D eigenvalue weighted by Crippen LogP contribution is -2.64. The number of piperidine rings is 1. The second-order valence-electron chi connectivity index (χ2n) is 9.07. The molecule has 2 saturated heterocycles. The van der Waals surface area contributed by atoms with Crippen LogP contribution < -0.4 is 5.32 Å². The number of nitrogens with one attached hydrogen (secondary N) is 1. The van der Waals surface area contributed by atoms with Crippen LogP contribution in [-0.2, 0) is 6.54 Å². The van der Waals surface area contributed by atoms with Crippen molar-refractivity contribution >= 4 is 6.03 Å². The smallest absolute Gasteiger partial charge is 0.317 e. The van der Waals surface area contributed by atoms with Gasteiger partial charge in [-0.15, -0.1) is 0 Å². The minimum Gasteiger partial charge on any atom is -0.334 e. The number of carbonyl (C=O) groups excluding carboxylic acids is 1. The van der Waals surface area contributed by atoms with Crippen LogP contribution in [0, 0.1) is 12.3 Å². The van der Waals surface area contributed by atoms with Gasteiger partial charge in [0.2, 0.25) is 0 Å². The first-order valence-electron chi connectivity index (χ1n) is 10.9. The van der Waals surface area contributed by atoms with Crippen LogP contribution in [0.25, 0.3) is 0 Å². The Hall–Kier alpha value is -2.33. The highest BCUT2D eigenvalue weighted by Crippen LogP contribution is 2.55. The maximum atomic E-state index is 12.7. The Balaban J connectivity index is 1.36. The van der Waals surface area contributed by atoms with Crippen LogP contribution in [0.5, 0.6) is 0 Å². The summed E-state index contributed by atoms with van der Waals surface area (Å²) in [6.07, 6.45) is 2.15. The molecule has 4 rings (SSSR count). The molecule has 2 aromatic carbocycles. The molecule has 0 radical (unpaired) electrons. The van der Waals surface area contributed by atoms with Crippen LogP contribution >= 0.6 is 0 Å². The van der Waals surface area contributed by atoms with Crippen molar-refractivity contribution in [3.05, 3.63) is 71.3 Å². The van der Waals surface area contributed by atoms with E-state index in [1.54, 1.807) is 0 Å². The van der Waals surface area contributed by atoms with Crippen molar-refractivity contribution in [2.45, 2.75) is 52.2 Å². The molecule has 154 valence electrons. The fourth-order valence-electron chi connectivity index (χ4n) is 5.02. The van der Waals surface area contributed by atoms with Gasteiger partial charge in [0.25, 0.3) is 0 Å². The highest BCUT2D eigenvalue weighted by molar-refractivity contribution is 5.74. The van der Waals surface area contributed by atoms with Gasteiger partial charge in [0.1, 0.15) is 0 Å². The average Bonchev–Trinajstić information content (AvgIpc) is 2.72. The number of carbonyl (C=O) groups is 1. The van der Waals surface area contributed by atoms with Crippen LogP contribution in [0.1, 0.15) is 49.4 Å². The van der Waals surface area contributed by atoms with E-state index in [0.717, 1.165) is 38.0 Å². The fourth-order valence-corrected chi connectivity index (χ4v) is 5.02. The Morgan fingerprint density at radius 1 is 1.07 bits per heavy atom. The van der Waals surface area contributed by atoms with E-state index in [2.05, 4.69) is 85.6 Å². The lowest BCUT2D eigenvalue weighted by molar-refractivity contribution is -0.123. The highest BCUT2D eigenvalue weighted by Gasteiger charge is 2.54. The number of benzene rings is 2. The minimum absolute atomic E-state index is 0.0664. The van der Waals surface area contributed by atoms with Crippen LogP contribution in [0.4, 0.5) is 4.79 Å². The zero-order valence-corrected chi connectivity index (χ0v) is 17.9. The number of amides is 2. The summed E-state index contributed by atoms with van der Waals surface area (Å²) in [5, 5.41) is 3.10. The van der Waals surface area contributed by atoms with E-state index >= 15 is 0 Å². The molecule has 2 fully saturated rings. The number of likely N-dealkylation sites (tertiary alicyclic amines) is 2. The van der Waals surface area contributed by atoms with Gasteiger partial charge in [0.05, 0.1) is 0 Å². The highest BCUT2D eigenvalue weighted by atomic mass is 16.2. The van der Waals surface area contributed by atoms with E-state index in [4.69, 9.17) is 0 Å². The monoisotopic (exact) mass is 391 g/mol. The van der Waals surface area contributed by atoms with Crippen LogP contribution in [0.3, 0.4) is 0 Å². The zero-order valence-electron chi connectivity index (χ0n) is 17.9. The Kier molecular flexibility index (Phi) is 5.64. The predicted molar refractivity (Wildman–Crippen MR) is 118 cm³/mol. The third-order valence-electron chi connectivity index (χ3n) is 6.80. The Morgan fingerprint density at radius 2 is 1.72 bits per heavy atom. The van der Waals surface area contributed by atoms with Crippen molar-refractivity contribution < 1.29 is 4.79 Å². The Bertz CT molecular complexity index is 823. The molecule has 4 heteroatoms. The number of hydrogen-bond acceptors (Lipinski definition) is 2. The molecule has 0 bridgehead atoms. The van der Waals surface area contributed by atoms with Gasteiger partial charge in [0.15, 0.2) is 0 Å². The predicted octanol–water partition coefficient (Wildman–Crippen LogP) is 4.75. The van der Waals surface area contributed by atoms with E-state index < -0.39 is 0 Å². The molecule has 0 saturated carbocycles. The Morgan fingerprint density at radius 3 is 2.34 bits per heavy atom. The molecule has 0 unspecified atom stereocenters. The molecule has 2 aliphatic rings. The first-order chi connectivity index (χ1) is 14.0. The van der Waals surface area contributed by atoms with Gasteiger partial charge < -0.3 is 10.2 Å². The standard InChI is InChI=1S/C25H33N3O/c1-19(2)28-18-25(23(28)22-7-5-4-6-8-22)13-15-27(16-14-25)24(29)26-17-21-11-9-20(3)10-12-21/h4-12,19,23H,13-18H2,1-3H3,(H,26,29)/t23-/m1/s1. The summed E-state index contributed by atoms with van der Waals surface area (Å²) < 4.78 is 0. The minimum atomic E-state index is 0.0664. The molecule has 1 N–H and O–H groups in total. The van der Waals surface area contributed by atoms with E-state index in [9.17, 15) is 4.79 Å². The van der Waals surface area contributed by atoms with Gasteiger partial charge in [0, 0.05) is 43.7 Å². The SMILES string of the molecule is Cc1ccc(CNC(=O)N2CCC3(CC2)CN(C(C)C)[C@@H]3c2ccccc2)cc1. The topological polar surface area (TPSA) is 35.6 Å². The normalized spacial score (nSPS) is 21.2. The molecule has 2 amide bonds. The molecule has 2 heterocycles. The molecule has 0 aromatic heterocycles. The Labute approximate surface area is 174 Å². The fraction of sp³-hybridized carbons (Fsp3) is 0.480. The zero-order chi connectivity index (χ0) is 20.4. The first kappa shape index (κ1) is 20.0. The molecule has 1 spiro atoms. The molecule has 29 heavy (non-hydrogen) atoms. The number of rotatable bonds is 4. The largest absolute Gasteiger partial charge is 0.334 e. The number of hydrogen-bond donors (Lipinski definition) is 1.